The highest BCUT2D eigenvalue weighted by molar-refractivity contribution is 7.25. The van der Waals surface area contributed by atoms with Crippen molar-refractivity contribution in [2.75, 3.05) is 4.90 Å². The maximum absolute atomic E-state index is 4.93. The standard InChI is InChI=1S/C39H26N2S/c1-2-8-27(9-3-1)29-16-20-33(21-17-29)41(35-25-37-36-12-6-7-13-38(36)42-39(37)40-26-35)34-22-18-30(19-23-34)32-15-14-28-10-4-5-11-31(28)24-32/h1-26H. The third kappa shape index (κ3) is 4.41. The molecule has 0 fully saturated rings. The van der Waals surface area contributed by atoms with Crippen LogP contribution in [0.5, 0.6) is 0 Å². The van der Waals surface area contributed by atoms with Crippen molar-refractivity contribution < 1.29 is 0 Å². The number of hydrogen-bond acceptors (Lipinski definition) is 3. The van der Waals surface area contributed by atoms with E-state index >= 15 is 0 Å². The summed E-state index contributed by atoms with van der Waals surface area (Å²) in [5.41, 5.74) is 8.04. The molecule has 42 heavy (non-hydrogen) atoms. The Labute approximate surface area is 248 Å². The Hall–Kier alpha value is -5.25. The molecule has 2 aromatic heterocycles. The highest BCUT2D eigenvalue weighted by Gasteiger charge is 2.16. The zero-order valence-corrected chi connectivity index (χ0v) is 23.6. The molecule has 0 unspecified atom stereocenters. The average Bonchev–Trinajstić information content (AvgIpc) is 3.44. The van der Waals surface area contributed by atoms with Gasteiger partial charge in [-0.1, -0.05) is 109 Å². The first-order chi connectivity index (χ1) is 20.8. The predicted octanol–water partition coefficient (Wildman–Crippen LogP) is 11.4. The van der Waals surface area contributed by atoms with E-state index in [1.54, 1.807) is 11.3 Å². The topological polar surface area (TPSA) is 16.1 Å². The highest BCUT2D eigenvalue weighted by Crippen LogP contribution is 2.40. The molecule has 2 heterocycles. The Morgan fingerprint density at radius 1 is 0.429 bits per heavy atom. The van der Waals surface area contributed by atoms with E-state index in [0.717, 1.165) is 21.9 Å². The second-order valence-corrected chi connectivity index (χ2v) is 11.5. The third-order valence-electron chi connectivity index (χ3n) is 7.92. The average molecular weight is 555 g/mol. The minimum Gasteiger partial charge on any atom is -0.309 e. The maximum Gasteiger partial charge on any atom is 0.124 e. The van der Waals surface area contributed by atoms with Crippen LogP contribution in [0.4, 0.5) is 17.1 Å². The van der Waals surface area contributed by atoms with Gasteiger partial charge in [0.05, 0.1) is 11.9 Å². The fraction of sp³-hybridized carbons (Fsp3) is 0. The molecule has 0 aliphatic carbocycles. The van der Waals surface area contributed by atoms with E-state index in [9.17, 15) is 0 Å². The summed E-state index contributed by atoms with van der Waals surface area (Å²) in [6, 6.07) is 54.2. The van der Waals surface area contributed by atoms with E-state index in [4.69, 9.17) is 4.98 Å². The molecule has 0 N–H and O–H groups in total. The normalized spacial score (nSPS) is 11.3. The van der Waals surface area contributed by atoms with Crippen LogP contribution in [0.15, 0.2) is 158 Å². The van der Waals surface area contributed by atoms with Gasteiger partial charge in [-0.05, 0) is 75.5 Å². The van der Waals surface area contributed by atoms with Crippen molar-refractivity contribution in [3.05, 3.63) is 158 Å². The highest BCUT2D eigenvalue weighted by atomic mass is 32.1. The van der Waals surface area contributed by atoms with Gasteiger partial charge in [0.2, 0.25) is 0 Å². The zero-order chi connectivity index (χ0) is 27.9. The number of rotatable bonds is 5. The number of pyridine rings is 1. The first-order valence-corrected chi connectivity index (χ1v) is 14.9. The van der Waals surface area contributed by atoms with Gasteiger partial charge in [-0.3, -0.25) is 0 Å². The molecule has 6 aromatic carbocycles. The quantitative estimate of drug-likeness (QED) is 0.210. The summed E-state index contributed by atoms with van der Waals surface area (Å²) in [7, 11) is 0. The van der Waals surface area contributed by atoms with Crippen LogP contribution in [0.3, 0.4) is 0 Å². The van der Waals surface area contributed by atoms with E-state index in [2.05, 4.69) is 157 Å². The van der Waals surface area contributed by atoms with Crippen molar-refractivity contribution in [2.24, 2.45) is 0 Å². The first kappa shape index (κ1) is 24.5. The molecule has 198 valence electrons. The van der Waals surface area contributed by atoms with Crippen LogP contribution >= 0.6 is 11.3 Å². The molecule has 0 radical (unpaired) electrons. The Kier molecular flexibility index (Phi) is 6.02. The smallest absolute Gasteiger partial charge is 0.124 e. The van der Waals surface area contributed by atoms with Crippen molar-refractivity contribution in [3.8, 4) is 22.3 Å². The summed E-state index contributed by atoms with van der Waals surface area (Å²) in [5.74, 6) is 0. The molecular formula is C39H26N2S. The number of aromatic nitrogens is 1. The lowest BCUT2D eigenvalue weighted by atomic mass is 10.0. The van der Waals surface area contributed by atoms with Gasteiger partial charge < -0.3 is 4.90 Å². The van der Waals surface area contributed by atoms with Gasteiger partial charge in [0.15, 0.2) is 0 Å². The van der Waals surface area contributed by atoms with E-state index in [1.165, 1.54) is 48.5 Å². The van der Waals surface area contributed by atoms with Crippen LogP contribution in [-0.2, 0) is 0 Å². The van der Waals surface area contributed by atoms with E-state index in [-0.39, 0.29) is 0 Å². The summed E-state index contributed by atoms with van der Waals surface area (Å²) in [6.45, 7) is 0. The van der Waals surface area contributed by atoms with Crippen molar-refractivity contribution >= 4 is 59.5 Å². The van der Waals surface area contributed by atoms with Crippen LogP contribution < -0.4 is 4.90 Å². The van der Waals surface area contributed by atoms with Crippen LogP contribution in [0.2, 0.25) is 0 Å². The fourth-order valence-corrected chi connectivity index (χ4v) is 6.80. The minimum atomic E-state index is 1.04. The van der Waals surface area contributed by atoms with Crippen molar-refractivity contribution in [2.45, 2.75) is 0 Å². The summed E-state index contributed by atoms with van der Waals surface area (Å²) in [6.07, 6.45) is 2.00. The summed E-state index contributed by atoms with van der Waals surface area (Å²) < 4.78 is 1.26. The molecule has 3 heteroatoms. The molecule has 0 spiro atoms. The second-order valence-electron chi connectivity index (χ2n) is 10.5. The van der Waals surface area contributed by atoms with Crippen LogP contribution in [0.25, 0.3) is 53.3 Å². The Balaban J connectivity index is 1.23. The molecule has 0 saturated heterocycles. The maximum atomic E-state index is 4.93. The molecule has 0 amide bonds. The van der Waals surface area contributed by atoms with Gasteiger partial charge in [-0.2, -0.15) is 0 Å². The van der Waals surface area contributed by atoms with Crippen molar-refractivity contribution in [1.29, 1.82) is 0 Å². The van der Waals surface area contributed by atoms with Gasteiger partial charge in [-0.15, -0.1) is 11.3 Å². The second kappa shape index (κ2) is 10.3. The van der Waals surface area contributed by atoms with Crippen LogP contribution in [0.1, 0.15) is 0 Å². The van der Waals surface area contributed by atoms with E-state index < -0.39 is 0 Å². The van der Waals surface area contributed by atoms with Gasteiger partial charge >= 0.3 is 0 Å². The first-order valence-electron chi connectivity index (χ1n) is 14.1. The Morgan fingerprint density at radius 2 is 1.02 bits per heavy atom. The van der Waals surface area contributed by atoms with Gasteiger partial charge in [0.25, 0.3) is 0 Å². The van der Waals surface area contributed by atoms with Gasteiger partial charge in [0, 0.05) is 26.8 Å². The fourth-order valence-electron chi connectivity index (χ4n) is 5.77. The molecule has 0 atom stereocenters. The van der Waals surface area contributed by atoms with Crippen molar-refractivity contribution in [1.82, 2.24) is 4.98 Å². The molecule has 0 aliphatic rings. The minimum absolute atomic E-state index is 1.04. The number of fused-ring (bicyclic) bond motifs is 4. The molecule has 2 nitrogen and oxygen atoms in total. The lowest BCUT2D eigenvalue weighted by Gasteiger charge is -2.25. The molecule has 8 rings (SSSR count). The number of thiophene rings is 1. The Morgan fingerprint density at radius 3 is 1.79 bits per heavy atom. The molecule has 0 bridgehead atoms. The van der Waals surface area contributed by atoms with Crippen LogP contribution in [-0.4, -0.2) is 4.98 Å². The number of anilines is 3. The zero-order valence-electron chi connectivity index (χ0n) is 22.8. The summed E-state index contributed by atoms with van der Waals surface area (Å²) >= 11 is 1.74. The van der Waals surface area contributed by atoms with E-state index in [1.807, 2.05) is 6.20 Å². The number of benzene rings is 6. The van der Waals surface area contributed by atoms with Gasteiger partial charge in [-0.25, -0.2) is 4.98 Å². The molecule has 0 aliphatic heterocycles. The lowest BCUT2D eigenvalue weighted by molar-refractivity contribution is 1.26. The summed E-state index contributed by atoms with van der Waals surface area (Å²) in [5, 5.41) is 4.94. The monoisotopic (exact) mass is 554 g/mol. The summed E-state index contributed by atoms with van der Waals surface area (Å²) in [4.78, 5) is 8.29. The largest absolute Gasteiger partial charge is 0.309 e. The van der Waals surface area contributed by atoms with Crippen molar-refractivity contribution in [3.63, 3.8) is 0 Å². The van der Waals surface area contributed by atoms with E-state index in [0.29, 0.717) is 0 Å². The number of nitrogens with zero attached hydrogens (tertiary/aromatic N) is 2. The number of hydrogen-bond donors (Lipinski definition) is 0. The molecule has 0 saturated carbocycles. The Bertz CT molecular complexity index is 2180. The third-order valence-corrected chi connectivity index (χ3v) is 9.01. The molecule has 8 aromatic rings. The SMILES string of the molecule is c1ccc(-c2ccc(N(c3ccc(-c4ccc5ccccc5c4)cc3)c3cnc4sc5ccccc5c4c3)cc2)cc1. The molecular weight excluding hydrogens is 529 g/mol. The predicted molar refractivity (Wildman–Crippen MR) is 180 cm³/mol. The van der Waals surface area contributed by atoms with Crippen LogP contribution in [0, 0.1) is 0 Å². The van der Waals surface area contributed by atoms with Gasteiger partial charge in [0.1, 0.15) is 4.83 Å². The lowest BCUT2D eigenvalue weighted by Crippen LogP contribution is -2.10.